The van der Waals surface area contributed by atoms with Gasteiger partial charge in [-0.3, -0.25) is 4.99 Å². The van der Waals surface area contributed by atoms with Crippen LogP contribution in [0.4, 0.5) is 0 Å². The number of rotatable bonds is 1. The zero-order valence-electron chi connectivity index (χ0n) is 8.24. The van der Waals surface area contributed by atoms with Crippen molar-refractivity contribution in [2.24, 2.45) is 4.99 Å². The van der Waals surface area contributed by atoms with Crippen molar-refractivity contribution in [3.63, 3.8) is 0 Å². The fraction of sp³-hybridized carbons (Fsp3) is 0.300. The van der Waals surface area contributed by atoms with Crippen molar-refractivity contribution in [3.8, 4) is 0 Å². The standard InChI is InChI=1S/C10H11BrN2S.ClH/c1-14-10-12-6-9(13-10)7-2-4-8(11)5-3-7;/h2-5,9H,6H2,1H3,(H,12,13);1H. The smallest absolute Gasteiger partial charge is 0.157 e. The Labute approximate surface area is 108 Å². The van der Waals surface area contributed by atoms with Crippen LogP contribution in [0, 0.1) is 0 Å². The molecule has 0 bridgehead atoms. The number of aliphatic imine (C=N–C) groups is 1. The molecule has 0 aliphatic carbocycles. The zero-order valence-corrected chi connectivity index (χ0v) is 11.5. The molecule has 0 saturated carbocycles. The van der Waals surface area contributed by atoms with E-state index in [1.807, 2.05) is 6.26 Å². The number of halogens is 2. The molecule has 2 rings (SSSR count). The summed E-state index contributed by atoms with van der Waals surface area (Å²) in [5, 5.41) is 4.31. The number of amidine groups is 1. The van der Waals surface area contributed by atoms with Crippen LogP contribution in [0.25, 0.3) is 0 Å². The molecule has 1 heterocycles. The Morgan fingerprint density at radius 2 is 2.07 bits per heavy atom. The molecule has 0 spiro atoms. The minimum absolute atomic E-state index is 0. The molecule has 1 atom stereocenters. The number of benzene rings is 1. The van der Waals surface area contributed by atoms with Gasteiger partial charge in [0.05, 0.1) is 6.04 Å². The summed E-state index contributed by atoms with van der Waals surface area (Å²) in [5.74, 6) is 0. The molecule has 0 aromatic heterocycles. The fourth-order valence-corrected chi connectivity index (χ4v) is 2.14. The van der Waals surface area contributed by atoms with E-state index in [1.165, 1.54) is 5.56 Å². The predicted molar refractivity (Wildman–Crippen MR) is 73.1 cm³/mol. The molecule has 0 saturated heterocycles. The summed E-state index contributed by atoms with van der Waals surface area (Å²) in [4.78, 5) is 4.56. The molecule has 0 radical (unpaired) electrons. The van der Waals surface area contributed by atoms with Crippen LogP contribution in [0.1, 0.15) is 11.6 Å². The van der Waals surface area contributed by atoms with Gasteiger partial charge in [-0.05, 0) is 24.0 Å². The van der Waals surface area contributed by atoms with E-state index in [9.17, 15) is 0 Å². The Bertz CT molecular complexity index is 353. The largest absolute Gasteiger partial charge is 0.362 e. The van der Waals surface area contributed by atoms with Gasteiger partial charge in [-0.15, -0.1) is 12.4 Å². The van der Waals surface area contributed by atoms with Gasteiger partial charge in [0.2, 0.25) is 0 Å². The molecular formula is C10H12BrClN2S. The van der Waals surface area contributed by atoms with Crippen LogP contribution in [0.15, 0.2) is 33.7 Å². The molecule has 82 valence electrons. The zero-order chi connectivity index (χ0) is 9.97. The first-order chi connectivity index (χ1) is 6.79. The predicted octanol–water partition coefficient (Wildman–Crippen LogP) is 3.23. The monoisotopic (exact) mass is 306 g/mol. The van der Waals surface area contributed by atoms with Crippen molar-refractivity contribution < 1.29 is 0 Å². The molecule has 1 aliphatic rings. The summed E-state index contributed by atoms with van der Waals surface area (Å²) in [6.45, 7) is 0.914. The van der Waals surface area contributed by atoms with Gasteiger partial charge in [0.1, 0.15) is 0 Å². The van der Waals surface area contributed by atoms with Crippen LogP contribution in [0.2, 0.25) is 0 Å². The highest BCUT2D eigenvalue weighted by atomic mass is 79.9. The highest BCUT2D eigenvalue weighted by molar-refractivity contribution is 9.10. The van der Waals surface area contributed by atoms with Crippen molar-refractivity contribution >= 4 is 45.3 Å². The fourth-order valence-electron chi connectivity index (χ4n) is 1.42. The quantitative estimate of drug-likeness (QED) is 0.861. The Morgan fingerprint density at radius 1 is 1.40 bits per heavy atom. The Balaban J connectivity index is 0.00000112. The van der Waals surface area contributed by atoms with Crippen molar-refractivity contribution in [2.45, 2.75) is 6.04 Å². The third-order valence-electron chi connectivity index (χ3n) is 2.17. The minimum atomic E-state index is 0. The van der Waals surface area contributed by atoms with Gasteiger partial charge in [0.15, 0.2) is 5.17 Å². The molecule has 0 fully saturated rings. The van der Waals surface area contributed by atoms with Crippen molar-refractivity contribution in [2.75, 3.05) is 12.8 Å². The second kappa shape index (κ2) is 5.77. The maximum Gasteiger partial charge on any atom is 0.157 e. The first-order valence-electron chi connectivity index (χ1n) is 4.41. The average Bonchev–Trinajstić information content (AvgIpc) is 2.67. The Kier molecular flexibility index (Phi) is 4.96. The second-order valence-electron chi connectivity index (χ2n) is 3.09. The van der Waals surface area contributed by atoms with Crippen LogP contribution in [0.5, 0.6) is 0 Å². The highest BCUT2D eigenvalue weighted by Crippen LogP contribution is 2.23. The van der Waals surface area contributed by atoms with E-state index in [4.69, 9.17) is 0 Å². The Hall–Kier alpha value is -0.190. The van der Waals surface area contributed by atoms with Crippen LogP contribution < -0.4 is 5.32 Å². The summed E-state index contributed by atoms with van der Waals surface area (Å²) < 4.78 is 1.11. The first kappa shape index (κ1) is 12.9. The van der Waals surface area contributed by atoms with Crippen LogP contribution in [-0.4, -0.2) is 18.0 Å². The molecule has 2 nitrogen and oxygen atoms in total. The van der Waals surface area contributed by atoms with E-state index < -0.39 is 0 Å². The topological polar surface area (TPSA) is 24.4 Å². The van der Waals surface area contributed by atoms with Crippen molar-refractivity contribution in [1.29, 1.82) is 0 Å². The van der Waals surface area contributed by atoms with Crippen LogP contribution in [-0.2, 0) is 0 Å². The van der Waals surface area contributed by atoms with Gasteiger partial charge in [0.25, 0.3) is 0 Å². The summed E-state index contributed by atoms with van der Waals surface area (Å²) in [6, 6.07) is 8.63. The molecule has 1 aliphatic heterocycles. The average molecular weight is 308 g/mol. The number of nitrogens with one attached hydrogen (secondary N) is 1. The van der Waals surface area contributed by atoms with Crippen LogP contribution >= 0.6 is 40.1 Å². The maximum atomic E-state index is 4.56. The SMILES string of the molecule is CSC1=NC(c2ccc(Br)cc2)CN1.Cl. The number of hydrogen-bond acceptors (Lipinski definition) is 3. The van der Waals surface area contributed by atoms with E-state index in [2.05, 4.69) is 50.5 Å². The highest BCUT2D eigenvalue weighted by Gasteiger charge is 2.17. The summed E-state index contributed by atoms with van der Waals surface area (Å²) in [7, 11) is 0. The summed E-state index contributed by atoms with van der Waals surface area (Å²) >= 11 is 5.09. The lowest BCUT2D eigenvalue weighted by molar-refractivity contribution is 0.751. The van der Waals surface area contributed by atoms with Gasteiger partial charge < -0.3 is 5.32 Å². The minimum Gasteiger partial charge on any atom is -0.362 e. The van der Waals surface area contributed by atoms with Gasteiger partial charge in [-0.1, -0.05) is 39.8 Å². The summed E-state index contributed by atoms with van der Waals surface area (Å²) in [5.41, 5.74) is 1.27. The Morgan fingerprint density at radius 3 is 2.60 bits per heavy atom. The van der Waals surface area contributed by atoms with Crippen LogP contribution in [0.3, 0.4) is 0 Å². The van der Waals surface area contributed by atoms with Crippen molar-refractivity contribution in [3.05, 3.63) is 34.3 Å². The van der Waals surface area contributed by atoms with Gasteiger partial charge in [-0.2, -0.15) is 0 Å². The number of hydrogen-bond donors (Lipinski definition) is 1. The molecule has 5 heteroatoms. The number of nitrogens with zero attached hydrogens (tertiary/aromatic N) is 1. The second-order valence-corrected chi connectivity index (χ2v) is 4.80. The third-order valence-corrected chi connectivity index (χ3v) is 3.33. The van der Waals surface area contributed by atoms with E-state index in [0.29, 0.717) is 0 Å². The van der Waals surface area contributed by atoms with Gasteiger partial charge in [0, 0.05) is 11.0 Å². The lowest BCUT2D eigenvalue weighted by Gasteiger charge is -2.05. The van der Waals surface area contributed by atoms with E-state index in [1.54, 1.807) is 11.8 Å². The number of thioether (sulfide) groups is 1. The van der Waals surface area contributed by atoms with Gasteiger partial charge in [-0.25, -0.2) is 0 Å². The molecule has 0 amide bonds. The molecular weight excluding hydrogens is 296 g/mol. The lowest BCUT2D eigenvalue weighted by Crippen LogP contribution is -2.15. The van der Waals surface area contributed by atoms with E-state index in [-0.39, 0.29) is 18.4 Å². The summed E-state index contributed by atoms with van der Waals surface area (Å²) in [6.07, 6.45) is 2.04. The maximum absolute atomic E-state index is 4.56. The molecule has 15 heavy (non-hydrogen) atoms. The van der Waals surface area contributed by atoms with E-state index in [0.717, 1.165) is 16.2 Å². The van der Waals surface area contributed by atoms with E-state index >= 15 is 0 Å². The lowest BCUT2D eigenvalue weighted by atomic mass is 10.1. The third kappa shape index (κ3) is 3.13. The molecule has 1 aromatic rings. The first-order valence-corrected chi connectivity index (χ1v) is 6.42. The molecule has 1 aromatic carbocycles. The normalized spacial score (nSPS) is 19.1. The van der Waals surface area contributed by atoms with Gasteiger partial charge >= 0.3 is 0 Å². The molecule has 1 N–H and O–H groups in total. The molecule has 1 unspecified atom stereocenters. The van der Waals surface area contributed by atoms with Crippen molar-refractivity contribution in [1.82, 2.24) is 5.32 Å².